The van der Waals surface area contributed by atoms with Crippen molar-refractivity contribution in [3.63, 3.8) is 0 Å². The molecule has 7 heteroatoms. The Bertz CT molecular complexity index is 630. The summed E-state index contributed by atoms with van der Waals surface area (Å²) in [5.74, 6) is 0.198. The molecule has 0 spiro atoms. The van der Waals surface area contributed by atoms with Crippen LogP contribution in [0.2, 0.25) is 0 Å². The fourth-order valence-corrected chi connectivity index (χ4v) is 2.56. The van der Waals surface area contributed by atoms with E-state index in [0.29, 0.717) is 37.4 Å². The molecule has 2 aromatic heterocycles. The van der Waals surface area contributed by atoms with Gasteiger partial charge in [-0.15, -0.1) is 0 Å². The van der Waals surface area contributed by atoms with Crippen molar-refractivity contribution in [1.82, 2.24) is 19.9 Å². The van der Waals surface area contributed by atoms with Gasteiger partial charge < -0.3 is 14.7 Å². The Balaban J connectivity index is 1.53. The van der Waals surface area contributed by atoms with Crippen molar-refractivity contribution < 1.29 is 14.6 Å². The highest BCUT2D eigenvalue weighted by Crippen LogP contribution is 2.20. The third-order valence-corrected chi connectivity index (χ3v) is 3.81. The second-order valence-corrected chi connectivity index (χ2v) is 5.38. The third kappa shape index (κ3) is 3.81. The van der Waals surface area contributed by atoms with Gasteiger partial charge in [0.25, 0.3) is 5.91 Å². The maximum absolute atomic E-state index is 12.3. The zero-order valence-electron chi connectivity index (χ0n) is 12.6. The summed E-state index contributed by atoms with van der Waals surface area (Å²) in [6.07, 6.45) is 8.09. The lowest BCUT2D eigenvalue weighted by atomic mass is 10.1. The van der Waals surface area contributed by atoms with E-state index in [0.717, 1.165) is 0 Å². The molecule has 3 rings (SSSR count). The summed E-state index contributed by atoms with van der Waals surface area (Å²) in [6.45, 7) is 1.09. The molecule has 0 radical (unpaired) electrons. The molecule has 1 unspecified atom stereocenters. The maximum atomic E-state index is 12.3. The number of likely N-dealkylation sites (tertiary alicyclic amines) is 1. The van der Waals surface area contributed by atoms with E-state index in [4.69, 9.17) is 4.74 Å². The minimum Gasteiger partial charge on any atom is -0.473 e. The Labute approximate surface area is 134 Å². The minimum atomic E-state index is -1.17. The molecule has 3 heterocycles. The van der Waals surface area contributed by atoms with Gasteiger partial charge in [-0.05, 0) is 6.07 Å². The van der Waals surface area contributed by atoms with Gasteiger partial charge in [0.1, 0.15) is 6.10 Å². The van der Waals surface area contributed by atoms with E-state index >= 15 is 0 Å². The van der Waals surface area contributed by atoms with E-state index in [-0.39, 0.29) is 12.0 Å². The van der Waals surface area contributed by atoms with Crippen LogP contribution in [-0.2, 0) is 4.79 Å². The van der Waals surface area contributed by atoms with Gasteiger partial charge in [0.15, 0.2) is 6.10 Å². The molecule has 0 aliphatic carbocycles. The first-order valence-corrected chi connectivity index (χ1v) is 7.53. The second-order valence-electron chi connectivity index (χ2n) is 5.38. The zero-order chi connectivity index (χ0) is 16.1. The summed E-state index contributed by atoms with van der Waals surface area (Å²) in [7, 11) is 0. The summed E-state index contributed by atoms with van der Waals surface area (Å²) in [6, 6.07) is 3.40. The topological polar surface area (TPSA) is 88.4 Å². The maximum Gasteiger partial charge on any atom is 0.256 e. The van der Waals surface area contributed by atoms with Gasteiger partial charge in [-0.1, -0.05) is 6.07 Å². The Kier molecular flexibility index (Phi) is 4.77. The molecular weight excluding hydrogens is 296 g/mol. The zero-order valence-corrected chi connectivity index (χ0v) is 12.6. The molecule has 1 saturated heterocycles. The molecule has 1 aliphatic heterocycles. The molecule has 23 heavy (non-hydrogen) atoms. The molecule has 1 fully saturated rings. The number of hydrogen-bond donors (Lipinski definition) is 1. The normalized spacial score (nSPS) is 16.8. The van der Waals surface area contributed by atoms with Crippen LogP contribution in [0, 0.1) is 0 Å². The van der Waals surface area contributed by atoms with Crippen molar-refractivity contribution in [3.8, 4) is 5.88 Å². The second kappa shape index (κ2) is 7.15. The van der Waals surface area contributed by atoms with Gasteiger partial charge in [-0.2, -0.15) is 0 Å². The SMILES string of the molecule is O=C(C(O)c1cccnc1)N1CCC(Oc2cnccn2)CC1. The fourth-order valence-electron chi connectivity index (χ4n) is 2.56. The average molecular weight is 314 g/mol. The number of aromatic nitrogens is 3. The molecule has 0 saturated carbocycles. The van der Waals surface area contributed by atoms with Gasteiger partial charge in [-0.3, -0.25) is 14.8 Å². The molecule has 1 N–H and O–H groups in total. The van der Waals surface area contributed by atoms with Gasteiger partial charge in [0.2, 0.25) is 5.88 Å². The lowest BCUT2D eigenvalue weighted by molar-refractivity contribution is -0.142. The van der Waals surface area contributed by atoms with Crippen LogP contribution in [-0.4, -0.2) is 50.1 Å². The van der Waals surface area contributed by atoms with Crippen molar-refractivity contribution in [3.05, 3.63) is 48.7 Å². The van der Waals surface area contributed by atoms with Gasteiger partial charge in [-0.25, -0.2) is 4.98 Å². The number of pyridine rings is 1. The van der Waals surface area contributed by atoms with Gasteiger partial charge in [0, 0.05) is 56.3 Å². The number of nitrogens with zero attached hydrogens (tertiary/aromatic N) is 4. The number of aliphatic hydroxyl groups is 1. The summed E-state index contributed by atoms with van der Waals surface area (Å²) in [5, 5.41) is 10.2. The summed E-state index contributed by atoms with van der Waals surface area (Å²) >= 11 is 0. The smallest absolute Gasteiger partial charge is 0.256 e. The molecule has 2 aromatic rings. The van der Waals surface area contributed by atoms with E-state index in [1.165, 1.54) is 6.20 Å². The van der Waals surface area contributed by atoms with Crippen molar-refractivity contribution in [1.29, 1.82) is 0 Å². The lowest BCUT2D eigenvalue weighted by Gasteiger charge is -2.33. The van der Waals surface area contributed by atoms with Crippen LogP contribution < -0.4 is 4.74 Å². The fraction of sp³-hybridized carbons (Fsp3) is 0.375. The van der Waals surface area contributed by atoms with Crippen molar-refractivity contribution >= 4 is 5.91 Å². The van der Waals surface area contributed by atoms with Crippen LogP contribution in [0.1, 0.15) is 24.5 Å². The number of hydrogen-bond acceptors (Lipinski definition) is 6. The predicted molar refractivity (Wildman–Crippen MR) is 81.5 cm³/mol. The highest BCUT2D eigenvalue weighted by atomic mass is 16.5. The van der Waals surface area contributed by atoms with Crippen LogP contribution in [0.3, 0.4) is 0 Å². The lowest BCUT2D eigenvalue weighted by Crippen LogP contribution is -2.43. The standard InChI is InChI=1S/C16H18N4O3/c21-15(12-2-1-5-17-10-12)16(22)20-8-3-13(4-9-20)23-14-11-18-6-7-19-14/h1-2,5-7,10-11,13,15,21H,3-4,8-9H2. The molecule has 120 valence electrons. The number of carbonyl (C=O) groups is 1. The molecular formula is C16H18N4O3. The van der Waals surface area contributed by atoms with Gasteiger partial charge >= 0.3 is 0 Å². The van der Waals surface area contributed by atoms with Crippen LogP contribution in [0.4, 0.5) is 0 Å². The first kappa shape index (κ1) is 15.4. The minimum absolute atomic E-state index is 0.00582. The van der Waals surface area contributed by atoms with E-state index in [1.54, 1.807) is 41.8 Å². The van der Waals surface area contributed by atoms with E-state index in [9.17, 15) is 9.90 Å². The quantitative estimate of drug-likeness (QED) is 0.905. The Morgan fingerprint density at radius 3 is 2.65 bits per heavy atom. The molecule has 1 aliphatic rings. The van der Waals surface area contributed by atoms with Crippen molar-refractivity contribution in [2.75, 3.05) is 13.1 Å². The molecule has 1 atom stereocenters. The monoisotopic (exact) mass is 314 g/mol. The summed E-state index contributed by atoms with van der Waals surface area (Å²) < 4.78 is 5.74. The molecule has 0 aromatic carbocycles. The number of rotatable bonds is 4. The Morgan fingerprint density at radius 2 is 2.00 bits per heavy atom. The van der Waals surface area contributed by atoms with Crippen LogP contribution in [0.25, 0.3) is 0 Å². The number of aliphatic hydroxyl groups excluding tert-OH is 1. The average Bonchev–Trinajstić information content (AvgIpc) is 2.63. The Morgan fingerprint density at radius 1 is 1.22 bits per heavy atom. The molecule has 0 bridgehead atoms. The largest absolute Gasteiger partial charge is 0.473 e. The van der Waals surface area contributed by atoms with Crippen molar-refractivity contribution in [2.24, 2.45) is 0 Å². The first-order chi connectivity index (χ1) is 11.2. The molecule has 1 amide bonds. The third-order valence-electron chi connectivity index (χ3n) is 3.81. The van der Waals surface area contributed by atoms with Crippen LogP contribution in [0.15, 0.2) is 43.1 Å². The summed E-state index contributed by atoms with van der Waals surface area (Å²) in [5.41, 5.74) is 0.510. The van der Waals surface area contributed by atoms with Crippen LogP contribution in [0.5, 0.6) is 5.88 Å². The molecule has 7 nitrogen and oxygen atoms in total. The van der Waals surface area contributed by atoms with E-state index in [1.807, 2.05) is 0 Å². The van der Waals surface area contributed by atoms with Crippen molar-refractivity contribution in [2.45, 2.75) is 25.0 Å². The highest BCUT2D eigenvalue weighted by molar-refractivity contribution is 5.82. The summed E-state index contributed by atoms with van der Waals surface area (Å²) in [4.78, 5) is 26.0. The number of carbonyl (C=O) groups excluding carboxylic acids is 1. The van der Waals surface area contributed by atoms with E-state index < -0.39 is 6.10 Å². The van der Waals surface area contributed by atoms with Gasteiger partial charge in [0.05, 0.1) is 6.20 Å². The number of amides is 1. The van der Waals surface area contributed by atoms with Crippen LogP contribution >= 0.6 is 0 Å². The predicted octanol–water partition coefficient (Wildman–Crippen LogP) is 0.975. The first-order valence-electron chi connectivity index (χ1n) is 7.53. The highest BCUT2D eigenvalue weighted by Gasteiger charge is 2.28. The number of piperidine rings is 1. The van der Waals surface area contributed by atoms with E-state index in [2.05, 4.69) is 15.0 Å². The number of ether oxygens (including phenoxy) is 1. The Hall–Kier alpha value is -2.54.